The van der Waals surface area contributed by atoms with Crippen LogP contribution in [0.1, 0.15) is 48.6 Å². The molecule has 0 spiro atoms. The van der Waals surface area contributed by atoms with E-state index in [0.29, 0.717) is 6.04 Å². The van der Waals surface area contributed by atoms with Crippen LogP contribution >= 0.6 is 33.9 Å². The van der Waals surface area contributed by atoms with Gasteiger partial charge in [0.1, 0.15) is 0 Å². The molecule has 2 saturated heterocycles. The van der Waals surface area contributed by atoms with Gasteiger partial charge in [-0.15, -0.1) is 11.3 Å². The molecule has 0 saturated carbocycles. The summed E-state index contributed by atoms with van der Waals surface area (Å²) in [6, 6.07) is 4.65. The Morgan fingerprint density at radius 3 is 3.11 bits per heavy atom. The summed E-state index contributed by atoms with van der Waals surface area (Å²) in [6.07, 6.45) is 8.19. The first-order valence-corrected chi connectivity index (χ1v) is 9.49. The van der Waals surface area contributed by atoms with Crippen LogP contribution in [0.25, 0.3) is 0 Å². The van der Waals surface area contributed by atoms with Crippen molar-refractivity contribution in [2.24, 2.45) is 0 Å². The van der Waals surface area contributed by atoms with E-state index in [4.69, 9.17) is 0 Å². The lowest BCUT2D eigenvalue weighted by Crippen LogP contribution is -2.41. The SMILES string of the molecule is Ic1cc2c(s1)CCCC2NC1CCN2CCCC12. The highest BCUT2D eigenvalue weighted by Crippen LogP contribution is 2.38. The summed E-state index contributed by atoms with van der Waals surface area (Å²) in [5.74, 6) is 0. The Labute approximate surface area is 133 Å². The van der Waals surface area contributed by atoms with E-state index in [1.807, 2.05) is 11.3 Å². The van der Waals surface area contributed by atoms with E-state index in [-0.39, 0.29) is 0 Å². The molecule has 0 amide bonds. The van der Waals surface area contributed by atoms with Gasteiger partial charge < -0.3 is 5.32 Å². The molecular formula is C15H21IN2S. The van der Waals surface area contributed by atoms with Crippen molar-refractivity contribution in [3.63, 3.8) is 0 Å². The molecule has 1 N–H and O–H groups in total. The van der Waals surface area contributed by atoms with Crippen molar-refractivity contribution in [3.8, 4) is 0 Å². The number of nitrogens with zero attached hydrogens (tertiary/aromatic N) is 1. The third kappa shape index (κ3) is 2.39. The van der Waals surface area contributed by atoms with Crippen LogP contribution in [0.3, 0.4) is 0 Å². The molecule has 4 rings (SSSR count). The second kappa shape index (κ2) is 5.28. The van der Waals surface area contributed by atoms with Crippen molar-refractivity contribution in [3.05, 3.63) is 19.4 Å². The second-order valence-corrected chi connectivity index (χ2v) is 9.21. The highest BCUT2D eigenvalue weighted by atomic mass is 127. The van der Waals surface area contributed by atoms with E-state index >= 15 is 0 Å². The zero-order chi connectivity index (χ0) is 12.8. The van der Waals surface area contributed by atoms with Gasteiger partial charge in [-0.1, -0.05) is 0 Å². The molecule has 0 radical (unpaired) electrons. The van der Waals surface area contributed by atoms with Crippen LogP contribution in [-0.2, 0) is 6.42 Å². The maximum absolute atomic E-state index is 4.02. The summed E-state index contributed by atoms with van der Waals surface area (Å²) >= 11 is 4.49. The Balaban J connectivity index is 1.51. The fraction of sp³-hybridized carbons (Fsp3) is 0.733. The first kappa shape index (κ1) is 13.0. The number of thiophene rings is 1. The van der Waals surface area contributed by atoms with Crippen molar-refractivity contribution in [1.82, 2.24) is 10.2 Å². The van der Waals surface area contributed by atoms with E-state index in [1.165, 1.54) is 54.5 Å². The third-order valence-corrected chi connectivity index (χ3v) is 7.08. The zero-order valence-corrected chi connectivity index (χ0v) is 14.2. The minimum Gasteiger partial charge on any atom is -0.306 e. The summed E-state index contributed by atoms with van der Waals surface area (Å²) in [5.41, 5.74) is 1.62. The van der Waals surface area contributed by atoms with E-state index < -0.39 is 0 Å². The lowest BCUT2D eigenvalue weighted by Gasteiger charge is -2.30. The highest BCUT2D eigenvalue weighted by Gasteiger charge is 2.38. The van der Waals surface area contributed by atoms with Crippen molar-refractivity contribution in [2.45, 2.75) is 56.7 Å². The van der Waals surface area contributed by atoms with Gasteiger partial charge >= 0.3 is 0 Å². The van der Waals surface area contributed by atoms with Crippen molar-refractivity contribution >= 4 is 33.9 Å². The van der Waals surface area contributed by atoms with Gasteiger partial charge in [0, 0.05) is 29.5 Å². The van der Waals surface area contributed by atoms with Gasteiger partial charge in [-0.05, 0) is 79.3 Å². The summed E-state index contributed by atoms with van der Waals surface area (Å²) < 4.78 is 1.46. The molecule has 2 nitrogen and oxygen atoms in total. The first-order chi connectivity index (χ1) is 9.31. The minimum absolute atomic E-state index is 0.633. The Kier molecular flexibility index (Phi) is 3.62. The molecule has 1 aromatic heterocycles. The predicted octanol–water partition coefficient (Wildman–Crippen LogP) is 3.56. The molecular weight excluding hydrogens is 367 g/mol. The number of hydrogen-bond donors (Lipinski definition) is 1. The van der Waals surface area contributed by atoms with Crippen LogP contribution in [0.15, 0.2) is 6.07 Å². The monoisotopic (exact) mass is 388 g/mol. The Morgan fingerprint density at radius 1 is 1.21 bits per heavy atom. The Hall–Kier alpha value is 0.350. The van der Waals surface area contributed by atoms with Crippen LogP contribution in [0.2, 0.25) is 0 Å². The van der Waals surface area contributed by atoms with E-state index in [0.717, 1.165) is 12.1 Å². The highest BCUT2D eigenvalue weighted by molar-refractivity contribution is 14.1. The summed E-state index contributed by atoms with van der Waals surface area (Å²) in [6.45, 7) is 2.66. The molecule has 3 unspecified atom stereocenters. The number of halogens is 1. The lowest BCUT2D eigenvalue weighted by molar-refractivity contribution is 0.283. The standard InChI is InChI=1S/C15H21IN2S/c16-15-9-10-11(3-1-5-14(10)19-15)17-12-6-8-18-7-2-4-13(12)18/h9,11-13,17H,1-8H2. The minimum atomic E-state index is 0.633. The van der Waals surface area contributed by atoms with Gasteiger partial charge in [0.25, 0.3) is 0 Å². The fourth-order valence-electron chi connectivity index (χ4n) is 4.23. The largest absolute Gasteiger partial charge is 0.306 e. The summed E-state index contributed by atoms with van der Waals surface area (Å²) in [5, 5.41) is 4.02. The van der Waals surface area contributed by atoms with E-state index in [9.17, 15) is 0 Å². The zero-order valence-electron chi connectivity index (χ0n) is 11.2. The molecule has 19 heavy (non-hydrogen) atoms. The molecule has 3 heterocycles. The van der Waals surface area contributed by atoms with Crippen LogP contribution in [-0.4, -0.2) is 30.1 Å². The molecule has 2 aliphatic heterocycles. The molecule has 104 valence electrons. The normalized spacial score (nSPS) is 34.5. The second-order valence-electron chi connectivity index (χ2n) is 6.18. The van der Waals surface area contributed by atoms with Crippen LogP contribution in [0, 0.1) is 2.88 Å². The lowest BCUT2D eigenvalue weighted by atomic mass is 9.92. The third-order valence-electron chi connectivity index (χ3n) is 5.10. The number of aryl methyl sites for hydroxylation is 1. The van der Waals surface area contributed by atoms with Gasteiger partial charge in [-0.3, -0.25) is 4.90 Å². The van der Waals surface area contributed by atoms with E-state index in [1.54, 1.807) is 10.4 Å². The van der Waals surface area contributed by atoms with Crippen LogP contribution in [0.4, 0.5) is 0 Å². The Bertz CT molecular complexity index is 473. The number of rotatable bonds is 2. The molecule has 0 bridgehead atoms. The van der Waals surface area contributed by atoms with Crippen LogP contribution in [0.5, 0.6) is 0 Å². The number of hydrogen-bond acceptors (Lipinski definition) is 3. The van der Waals surface area contributed by atoms with Crippen molar-refractivity contribution < 1.29 is 0 Å². The van der Waals surface area contributed by atoms with Gasteiger partial charge in [-0.2, -0.15) is 0 Å². The molecule has 2 fully saturated rings. The van der Waals surface area contributed by atoms with Crippen molar-refractivity contribution in [1.29, 1.82) is 0 Å². The smallest absolute Gasteiger partial charge is 0.0659 e. The number of nitrogens with one attached hydrogen (secondary N) is 1. The summed E-state index contributed by atoms with van der Waals surface area (Å²) in [4.78, 5) is 4.35. The van der Waals surface area contributed by atoms with Gasteiger partial charge in [0.05, 0.1) is 2.88 Å². The number of fused-ring (bicyclic) bond motifs is 2. The maximum Gasteiger partial charge on any atom is 0.0659 e. The van der Waals surface area contributed by atoms with Gasteiger partial charge in [-0.25, -0.2) is 0 Å². The average molecular weight is 388 g/mol. The first-order valence-electron chi connectivity index (χ1n) is 7.59. The van der Waals surface area contributed by atoms with Crippen LogP contribution < -0.4 is 5.32 Å². The van der Waals surface area contributed by atoms with Crippen molar-refractivity contribution in [2.75, 3.05) is 13.1 Å². The molecule has 1 aromatic rings. The topological polar surface area (TPSA) is 15.3 Å². The van der Waals surface area contributed by atoms with Gasteiger partial charge in [0.15, 0.2) is 0 Å². The maximum atomic E-state index is 4.02. The predicted molar refractivity (Wildman–Crippen MR) is 88.9 cm³/mol. The average Bonchev–Trinajstić information content (AvgIpc) is 3.05. The van der Waals surface area contributed by atoms with Gasteiger partial charge in [0.2, 0.25) is 0 Å². The molecule has 1 aliphatic carbocycles. The molecule has 3 atom stereocenters. The Morgan fingerprint density at radius 2 is 2.16 bits per heavy atom. The van der Waals surface area contributed by atoms with E-state index in [2.05, 4.69) is 38.9 Å². The molecule has 0 aromatic carbocycles. The molecule has 4 heteroatoms. The fourth-order valence-corrected chi connectivity index (χ4v) is 6.35. The quantitative estimate of drug-likeness (QED) is 0.780. The molecule has 3 aliphatic rings. The summed E-state index contributed by atoms with van der Waals surface area (Å²) in [7, 11) is 0.